The number of rotatable bonds is 5. The van der Waals surface area contributed by atoms with Gasteiger partial charge in [-0.25, -0.2) is 8.42 Å². The first-order chi connectivity index (χ1) is 8.57. The Bertz CT molecular complexity index is 396. The van der Waals surface area contributed by atoms with E-state index >= 15 is 0 Å². The molecule has 1 aliphatic heterocycles. The summed E-state index contributed by atoms with van der Waals surface area (Å²) in [4.78, 5) is 0. The second-order valence-corrected chi connectivity index (χ2v) is 9.04. The maximum atomic E-state index is 11.9. The van der Waals surface area contributed by atoms with Crippen LogP contribution in [0.5, 0.6) is 0 Å². The van der Waals surface area contributed by atoms with Crippen molar-refractivity contribution in [2.24, 2.45) is 11.3 Å². The molecule has 2 aliphatic carbocycles. The molecule has 1 heterocycles. The zero-order chi connectivity index (χ0) is 12.6. The number of nitrogens with one attached hydrogen (secondary N) is 1. The van der Waals surface area contributed by atoms with E-state index in [0.29, 0.717) is 17.5 Å². The highest BCUT2D eigenvalue weighted by atomic mass is 32.2. The molecule has 1 unspecified atom stereocenters. The Morgan fingerprint density at radius 3 is 2.39 bits per heavy atom. The normalized spacial score (nSPS) is 36.2. The van der Waals surface area contributed by atoms with Gasteiger partial charge in [0.1, 0.15) is 0 Å². The smallest absolute Gasteiger partial charge is 0.150 e. The van der Waals surface area contributed by atoms with Crippen LogP contribution in [0.2, 0.25) is 0 Å². The minimum atomic E-state index is -2.76. The fourth-order valence-electron chi connectivity index (χ4n) is 3.83. The summed E-state index contributed by atoms with van der Waals surface area (Å²) in [5.74, 6) is 1.65. The molecule has 0 aromatic carbocycles. The first kappa shape index (κ1) is 12.9. The summed E-state index contributed by atoms with van der Waals surface area (Å²) >= 11 is 0. The summed E-state index contributed by atoms with van der Waals surface area (Å²) < 4.78 is 23.7. The van der Waals surface area contributed by atoms with Crippen molar-refractivity contribution in [3.8, 4) is 0 Å². The van der Waals surface area contributed by atoms with Crippen molar-refractivity contribution in [3.05, 3.63) is 0 Å². The Hall–Kier alpha value is -0.0900. The molecule has 1 atom stereocenters. The molecule has 2 saturated carbocycles. The van der Waals surface area contributed by atoms with Crippen LogP contribution < -0.4 is 5.32 Å². The SMILES string of the molecule is O=S1(=O)CCC(CNC2CC2)(CC2CCCC2)C1. The molecule has 0 aromatic rings. The van der Waals surface area contributed by atoms with Crippen molar-refractivity contribution in [1.82, 2.24) is 5.32 Å². The summed E-state index contributed by atoms with van der Waals surface area (Å²) in [6.45, 7) is 0.938. The van der Waals surface area contributed by atoms with Gasteiger partial charge in [-0.2, -0.15) is 0 Å². The quantitative estimate of drug-likeness (QED) is 0.833. The van der Waals surface area contributed by atoms with E-state index in [2.05, 4.69) is 5.32 Å². The predicted octanol–water partition coefficient (Wildman–Crippen LogP) is 2.12. The van der Waals surface area contributed by atoms with Gasteiger partial charge >= 0.3 is 0 Å². The topological polar surface area (TPSA) is 46.2 Å². The highest BCUT2D eigenvalue weighted by Crippen LogP contribution is 2.42. The Labute approximate surface area is 111 Å². The van der Waals surface area contributed by atoms with Crippen LogP contribution in [0.1, 0.15) is 51.4 Å². The zero-order valence-corrected chi connectivity index (χ0v) is 12.0. The van der Waals surface area contributed by atoms with Gasteiger partial charge in [0.25, 0.3) is 0 Å². The van der Waals surface area contributed by atoms with Crippen LogP contribution in [0.4, 0.5) is 0 Å². The lowest BCUT2D eigenvalue weighted by Crippen LogP contribution is -2.38. The first-order valence-electron chi connectivity index (χ1n) is 7.51. The molecule has 18 heavy (non-hydrogen) atoms. The van der Waals surface area contributed by atoms with Crippen LogP contribution in [0.15, 0.2) is 0 Å². The van der Waals surface area contributed by atoms with Gasteiger partial charge in [0, 0.05) is 12.6 Å². The van der Waals surface area contributed by atoms with E-state index < -0.39 is 9.84 Å². The minimum absolute atomic E-state index is 0.0659. The summed E-state index contributed by atoms with van der Waals surface area (Å²) in [5.41, 5.74) is 0.0659. The third kappa shape index (κ3) is 3.08. The average molecular weight is 271 g/mol. The molecule has 0 amide bonds. The van der Waals surface area contributed by atoms with Crippen molar-refractivity contribution in [1.29, 1.82) is 0 Å². The van der Waals surface area contributed by atoms with Crippen molar-refractivity contribution in [2.45, 2.75) is 57.4 Å². The Balaban J connectivity index is 1.65. The maximum absolute atomic E-state index is 11.9. The summed E-state index contributed by atoms with van der Waals surface area (Å²) in [7, 11) is -2.76. The molecule has 1 N–H and O–H groups in total. The monoisotopic (exact) mass is 271 g/mol. The maximum Gasteiger partial charge on any atom is 0.150 e. The van der Waals surface area contributed by atoms with Gasteiger partial charge in [-0.1, -0.05) is 25.7 Å². The lowest BCUT2D eigenvalue weighted by Gasteiger charge is -2.31. The van der Waals surface area contributed by atoms with Crippen LogP contribution in [-0.4, -0.2) is 32.5 Å². The lowest BCUT2D eigenvalue weighted by atomic mass is 9.78. The summed E-state index contributed by atoms with van der Waals surface area (Å²) in [6, 6.07) is 0.689. The number of sulfone groups is 1. The van der Waals surface area contributed by atoms with Crippen molar-refractivity contribution in [2.75, 3.05) is 18.1 Å². The third-order valence-electron chi connectivity index (χ3n) is 5.01. The molecule has 4 heteroatoms. The fraction of sp³-hybridized carbons (Fsp3) is 1.00. The van der Waals surface area contributed by atoms with Gasteiger partial charge in [0.15, 0.2) is 9.84 Å². The van der Waals surface area contributed by atoms with Gasteiger partial charge < -0.3 is 5.32 Å². The van der Waals surface area contributed by atoms with Gasteiger partial charge in [-0.15, -0.1) is 0 Å². The van der Waals surface area contributed by atoms with Gasteiger partial charge in [0.2, 0.25) is 0 Å². The van der Waals surface area contributed by atoms with Crippen LogP contribution in [0.3, 0.4) is 0 Å². The fourth-order valence-corrected chi connectivity index (χ4v) is 6.02. The third-order valence-corrected chi connectivity index (χ3v) is 6.89. The van der Waals surface area contributed by atoms with Gasteiger partial charge in [-0.3, -0.25) is 0 Å². The van der Waals surface area contributed by atoms with E-state index in [4.69, 9.17) is 0 Å². The molecule has 104 valence electrons. The van der Waals surface area contributed by atoms with Crippen molar-refractivity contribution in [3.63, 3.8) is 0 Å². The highest BCUT2D eigenvalue weighted by molar-refractivity contribution is 7.91. The molecular formula is C14H25NO2S. The predicted molar refractivity (Wildman–Crippen MR) is 73.3 cm³/mol. The number of hydrogen-bond acceptors (Lipinski definition) is 3. The molecule has 0 spiro atoms. The van der Waals surface area contributed by atoms with E-state index in [9.17, 15) is 8.42 Å². The Morgan fingerprint density at radius 1 is 1.11 bits per heavy atom. The second-order valence-electron chi connectivity index (χ2n) is 6.85. The van der Waals surface area contributed by atoms with E-state index in [-0.39, 0.29) is 5.41 Å². The summed E-state index contributed by atoms with van der Waals surface area (Å²) in [5, 5.41) is 3.59. The van der Waals surface area contributed by atoms with Crippen LogP contribution in [-0.2, 0) is 9.84 Å². The van der Waals surface area contributed by atoms with Crippen LogP contribution >= 0.6 is 0 Å². The Morgan fingerprint density at radius 2 is 1.83 bits per heavy atom. The largest absolute Gasteiger partial charge is 0.313 e. The molecule has 0 aromatic heterocycles. The molecule has 3 rings (SSSR count). The van der Waals surface area contributed by atoms with Gasteiger partial charge in [0.05, 0.1) is 11.5 Å². The van der Waals surface area contributed by atoms with Crippen molar-refractivity contribution < 1.29 is 8.42 Å². The zero-order valence-electron chi connectivity index (χ0n) is 11.2. The van der Waals surface area contributed by atoms with E-state index in [0.717, 1.165) is 25.3 Å². The molecule has 3 aliphatic rings. The molecule has 3 fully saturated rings. The lowest BCUT2D eigenvalue weighted by molar-refractivity contribution is 0.237. The van der Waals surface area contributed by atoms with Crippen LogP contribution in [0.25, 0.3) is 0 Å². The first-order valence-corrected chi connectivity index (χ1v) is 9.33. The van der Waals surface area contributed by atoms with Crippen LogP contribution in [0, 0.1) is 11.3 Å². The highest BCUT2D eigenvalue weighted by Gasteiger charge is 2.44. The minimum Gasteiger partial charge on any atom is -0.313 e. The molecule has 3 nitrogen and oxygen atoms in total. The van der Waals surface area contributed by atoms with E-state index in [1.165, 1.54) is 38.5 Å². The average Bonchev–Trinajstić information content (AvgIpc) is 2.92. The molecule has 1 saturated heterocycles. The Kier molecular flexibility index (Phi) is 3.43. The standard InChI is InChI=1S/C14H25NO2S/c16-18(17)8-7-14(11-18,10-15-13-5-6-13)9-12-3-1-2-4-12/h12-13,15H,1-11H2. The molecular weight excluding hydrogens is 246 g/mol. The second kappa shape index (κ2) is 4.78. The van der Waals surface area contributed by atoms with E-state index in [1.54, 1.807) is 0 Å². The van der Waals surface area contributed by atoms with Gasteiger partial charge in [-0.05, 0) is 37.0 Å². The van der Waals surface area contributed by atoms with Crippen molar-refractivity contribution >= 4 is 9.84 Å². The van der Waals surface area contributed by atoms with E-state index in [1.807, 2.05) is 0 Å². The number of hydrogen-bond donors (Lipinski definition) is 1. The molecule has 0 radical (unpaired) electrons. The molecule has 0 bridgehead atoms. The summed E-state index contributed by atoms with van der Waals surface area (Å²) in [6.07, 6.45) is 9.96.